The van der Waals surface area contributed by atoms with Crippen LogP contribution < -0.4 is 0 Å². The minimum atomic E-state index is -0.382. The molecule has 0 aliphatic carbocycles. The lowest BCUT2D eigenvalue weighted by Gasteiger charge is -2.03. The molecule has 0 saturated carbocycles. The van der Waals surface area contributed by atoms with E-state index in [0.29, 0.717) is 6.54 Å². The molecule has 3 aromatic rings. The van der Waals surface area contributed by atoms with Gasteiger partial charge < -0.3 is 0 Å². The Labute approximate surface area is 121 Å². The first kappa shape index (κ1) is 13.2. The van der Waals surface area contributed by atoms with Crippen LogP contribution in [0.15, 0.2) is 42.7 Å². The quantitative estimate of drug-likeness (QED) is 0.544. The molecular weight excluding hydrogens is 268 g/mol. The van der Waals surface area contributed by atoms with Crippen LogP contribution in [0.4, 0.5) is 5.69 Å². The molecule has 0 unspecified atom stereocenters. The van der Waals surface area contributed by atoms with Gasteiger partial charge in [-0.2, -0.15) is 5.10 Å². The highest BCUT2D eigenvalue weighted by Crippen LogP contribution is 2.23. The Morgan fingerprint density at radius 1 is 1.33 bits per heavy atom. The molecule has 0 bridgehead atoms. The zero-order valence-electron chi connectivity index (χ0n) is 11.6. The first-order valence-corrected chi connectivity index (χ1v) is 6.65. The van der Waals surface area contributed by atoms with Crippen LogP contribution in [-0.2, 0) is 13.0 Å². The molecule has 0 aliphatic rings. The molecule has 0 radical (unpaired) electrons. The number of nitro groups is 1. The molecule has 2 aromatic heterocycles. The van der Waals surface area contributed by atoms with Gasteiger partial charge in [-0.3, -0.25) is 19.8 Å². The molecule has 106 valence electrons. The highest BCUT2D eigenvalue weighted by Gasteiger charge is 2.12. The van der Waals surface area contributed by atoms with Crippen LogP contribution in [0.2, 0.25) is 0 Å². The Kier molecular flexibility index (Phi) is 3.35. The van der Waals surface area contributed by atoms with Gasteiger partial charge in [-0.15, -0.1) is 0 Å². The smallest absolute Gasteiger partial charge is 0.264 e. The lowest BCUT2D eigenvalue weighted by atomic mass is 10.2. The summed E-state index contributed by atoms with van der Waals surface area (Å²) in [5, 5.41) is 16.3. The molecule has 2 heterocycles. The van der Waals surface area contributed by atoms with E-state index in [1.54, 1.807) is 18.3 Å². The van der Waals surface area contributed by atoms with Crippen molar-refractivity contribution in [2.24, 2.45) is 0 Å². The first-order chi connectivity index (χ1) is 10.1. The van der Waals surface area contributed by atoms with E-state index in [1.807, 2.05) is 29.9 Å². The number of hydrogen-bond donors (Lipinski definition) is 0. The number of nitrogens with zero attached hydrogens (tertiary/aromatic N) is 4. The molecular formula is C15H14N4O2. The van der Waals surface area contributed by atoms with Crippen molar-refractivity contribution in [3.8, 4) is 0 Å². The van der Waals surface area contributed by atoms with Crippen LogP contribution in [-0.4, -0.2) is 19.7 Å². The van der Waals surface area contributed by atoms with Gasteiger partial charge in [0.25, 0.3) is 5.69 Å². The fourth-order valence-corrected chi connectivity index (χ4v) is 2.39. The average molecular weight is 282 g/mol. The van der Waals surface area contributed by atoms with Crippen LogP contribution in [0, 0.1) is 17.0 Å². The SMILES string of the molecule is Cc1nn(CCc2cccnc2)c2cc([N+](=O)[O-])ccc12. The van der Waals surface area contributed by atoms with Crippen molar-refractivity contribution in [1.29, 1.82) is 0 Å². The Morgan fingerprint density at radius 3 is 2.90 bits per heavy atom. The second kappa shape index (κ2) is 5.32. The number of nitro benzene ring substituents is 1. The third-order valence-corrected chi connectivity index (χ3v) is 3.47. The van der Waals surface area contributed by atoms with Gasteiger partial charge in [-0.05, 0) is 31.0 Å². The molecule has 21 heavy (non-hydrogen) atoms. The van der Waals surface area contributed by atoms with Crippen LogP contribution in [0.25, 0.3) is 10.9 Å². The molecule has 3 rings (SSSR count). The number of rotatable bonds is 4. The zero-order chi connectivity index (χ0) is 14.8. The van der Waals surface area contributed by atoms with Crippen LogP contribution in [0.3, 0.4) is 0 Å². The summed E-state index contributed by atoms with van der Waals surface area (Å²) >= 11 is 0. The summed E-state index contributed by atoms with van der Waals surface area (Å²) in [6, 6.07) is 8.76. The second-order valence-corrected chi connectivity index (χ2v) is 4.88. The van der Waals surface area contributed by atoms with E-state index in [-0.39, 0.29) is 10.6 Å². The maximum Gasteiger partial charge on any atom is 0.271 e. The van der Waals surface area contributed by atoms with E-state index in [4.69, 9.17) is 0 Å². The largest absolute Gasteiger partial charge is 0.271 e. The predicted molar refractivity (Wildman–Crippen MR) is 79.1 cm³/mol. The summed E-state index contributed by atoms with van der Waals surface area (Å²) in [4.78, 5) is 14.6. The molecule has 0 fully saturated rings. The fourth-order valence-electron chi connectivity index (χ4n) is 2.39. The molecule has 0 N–H and O–H groups in total. The molecule has 0 amide bonds. The van der Waals surface area contributed by atoms with Gasteiger partial charge >= 0.3 is 0 Å². The Bertz CT molecular complexity index is 796. The minimum Gasteiger partial charge on any atom is -0.264 e. The molecule has 0 aliphatic heterocycles. The summed E-state index contributed by atoms with van der Waals surface area (Å²) in [6.45, 7) is 2.58. The molecule has 0 spiro atoms. The Morgan fingerprint density at radius 2 is 2.19 bits per heavy atom. The Balaban J connectivity index is 1.94. The predicted octanol–water partition coefficient (Wildman–Crippen LogP) is 2.89. The van der Waals surface area contributed by atoms with Crippen molar-refractivity contribution in [3.05, 3.63) is 64.1 Å². The standard InChI is InChI=1S/C15H14N4O2/c1-11-14-5-4-13(19(20)21)9-15(14)18(17-11)8-6-12-3-2-7-16-10-12/h2-5,7,9-10H,6,8H2,1H3. The summed E-state index contributed by atoms with van der Waals surface area (Å²) in [5.41, 5.74) is 2.88. The summed E-state index contributed by atoms with van der Waals surface area (Å²) in [5.74, 6) is 0. The Hall–Kier alpha value is -2.76. The van der Waals surface area contributed by atoms with Gasteiger partial charge in [0.05, 0.1) is 16.1 Å². The van der Waals surface area contributed by atoms with E-state index in [1.165, 1.54) is 6.07 Å². The molecule has 6 heteroatoms. The van der Waals surface area contributed by atoms with Gasteiger partial charge in [0.2, 0.25) is 0 Å². The number of fused-ring (bicyclic) bond motifs is 1. The van der Waals surface area contributed by atoms with E-state index < -0.39 is 0 Å². The van der Waals surface area contributed by atoms with Gasteiger partial charge in [0.15, 0.2) is 0 Å². The fraction of sp³-hybridized carbons (Fsp3) is 0.200. The van der Waals surface area contributed by atoms with E-state index in [9.17, 15) is 10.1 Å². The third-order valence-electron chi connectivity index (χ3n) is 3.47. The van der Waals surface area contributed by atoms with Crippen molar-refractivity contribution in [3.63, 3.8) is 0 Å². The molecule has 0 atom stereocenters. The lowest BCUT2D eigenvalue weighted by Crippen LogP contribution is -2.03. The van der Waals surface area contributed by atoms with Crippen LogP contribution in [0.5, 0.6) is 0 Å². The zero-order valence-corrected chi connectivity index (χ0v) is 11.6. The van der Waals surface area contributed by atoms with Crippen LogP contribution >= 0.6 is 0 Å². The van der Waals surface area contributed by atoms with E-state index in [2.05, 4.69) is 10.1 Å². The number of aryl methyl sites for hydroxylation is 3. The van der Waals surface area contributed by atoms with Crippen molar-refractivity contribution >= 4 is 16.6 Å². The van der Waals surface area contributed by atoms with Crippen molar-refractivity contribution in [2.75, 3.05) is 0 Å². The van der Waals surface area contributed by atoms with E-state index in [0.717, 1.165) is 28.6 Å². The maximum atomic E-state index is 10.9. The number of hydrogen-bond acceptors (Lipinski definition) is 4. The van der Waals surface area contributed by atoms with Crippen molar-refractivity contribution in [1.82, 2.24) is 14.8 Å². The normalized spacial score (nSPS) is 10.9. The summed E-state index contributed by atoms with van der Waals surface area (Å²) in [7, 11) is 0. The third kappa shape index (κ3) is 2.60. The topological polar surface area (TPSA) is 73.8 Å². The highest BCUT2D eigenvalue weighted by atomic mass is 16.6. The van der Waals surface area contributed by atoms with Gasteiger partial charge in [0, 0.05) is 36.5 Å². The summed E-state index contributed by atoms with van der Waals surface area (Å²) < 4.78 is 1.82. The van der Waals surface area contributed by atoms with Gasteiger partial charge in [-0.25, -0.2) is 0 Å². The number of pyridine rings is 1. The van der Waals surface area contributed by atoms with Crippen molar-refractivity contribution in [2.45, 2.75) is 19.9 Å². The van der Waals surface area contributed by atoms with Crippen LogP contribution in [0.1, 0.15) is 11.3 Å². The lowest BCUT2D eigenvalue weighted by molar-refractivity contribution is -0.384. The van der Waals surface area contributed by atoms with E-state index >= 15 is 0 Å². The number of aromatic nitrogens is 3. The van der Waals surface area contributed by atoms with Crippen molar-refractivity contribution < 1.29 is 4.92 Å². The molecule has 0 saturated heterocycles. The molecule has 6 nitrogen and oxygen atoms in total. The van der Waals surface area contributed by atoms with Gasteiger partial charge in [0.1, 0.15) is 0 Å². The second-order valence-electron chi connectivity index (χ2n) is 4.88. The van der Waals surface area contributed by atoms with Gasteiger partial charge in [-0.1, -0.05) is 6.07 Å². The maximum absolute atomic E-state index is 10.9. The summed E-state index contributed by atoms with van der Waals surface area (Å²) in [6.07, 6.45) is 4.34. The highest BCUT2D eigenvalue weighted by molar-refractivity contribution is 5.83. The first-order valence-electron chi connectivity index (χ1n) is 6.65. The molecule has 1 aromatic carbocycles. The number of non-ortho nitro benzene ring substituents is 1. The average Bonchev–Trinajstić information content (AvgIpc) is 2.82. The monoisotopic (exact) mass is 282 g/mol. The number of benzene rings is 1. The minimum absolute atomic E-state index is 0.0880.